The average Bonchev–Trinajstić information content (AvgIpc) is 2.00. The largest absolute Gasteiger partial charge is 0.345 e. The fourth-order valence-electron chi connectivity index (χ4n) is 0.641. The van der Waals surface area contributed by atoms with Crippen molar-refractivity contribution in [3.8, 4) is 0 Å². The Morgan fingerprint density at radius 3 is 2.46 bits per heavy atom. The van der Waals surface area contributed by atoms with E-state index < -0.39 is 0 Å². The van der Waals surface area contributed by atoms with Gasteiger partial charge in [0.1, 0.15) is 5.78 Å². The Kier molecular flexibility index (Phi) is 5.80. The summed E-state index contributed by atoms with van der Waals surface area (Å²) < 4.78 is 0. The number of carbonyl (C=O) groups excluding carboxylic acids is 2. The van der Waals surface area contributed by atoms with Crippen molar-refractivity contribution in [3.63, 3.8) is 0 Å². The summed E-state index contributed by atoms with van der Waals surface area (Å²) in [5, 5.41) is 2.46. The molecule has 0 aliphatic rings. The molecule has 0 rings (SSSR count). The van der Waals surface area contributed by atoms with Gasteiger partial charge >= 0.3 is 0 Å². The molecule has 0 saturated carbocycles. The molecule has 0 spiro atoms. The quantitative estimate of drug-likeness (QED) is 0.602. The topological polar surface area (TPSA) is 49.4 Å². The van der Waals surface area contributed by atoms with Crippen molar-refractivity contribution < 1.29 is 9.59 Å². The summed E-state index contributed by atoms with van der Waals surface area (Å²) in [4.78, 5) is 23.4. The average molecular weight is 184 g/mol. The molecule has 0 heterocycles. The Balaban J connectivity index is 3.61. The van der Waals surface area contributed by atoms with E-state index in [4.69, 9.17) is 0 Å². The van der Waals surface area contributed by atoms with Gasteiger partial charge in [0.25, 0.3) is 0 Å². The minimum absolute atomic E-state index is 0.0469. The Bertz CT molecular complexity index is 210. The van der Waals surface area contributed by atoms with E-state index in [1.54, 1.807) is 6.08 Å². The number of likely N-dealkylation sites (N-methyl/N-ethyl adjacent to an activating group) is 1. The third-order valence-electron chi connectivity index (χ3n) is 1.25. The van der Waals surface area contributed by atoms with Crippen molar-refractivity contribution in [1.82, 2.24) is 10.2 Å². The first-order valence-electron chi connectivity index (χ1n) is 4.11. The molecular formula is C9H16N2O2. The van der Waals surface area contributed by atoms with Crippen LogP contribution in [0.5, 0.6) is 0 Å². The van der Waals surface area contributed by atoms with Crippen LogP contribution in [0, 0.1) is 0 Å². The lowest BCUT2D eigenvalue weighted by Crippen LogP contribution is -2.26. The molecule has 0 fully saturated rings. The van der Waals surface area contributed by atoms with Crippen molar-refractivity contribution in [1.29, 1.82) is 0 Å². The summed E-state index contributed by atoms with van der Waals surface area (Å²) in [7, 11) is 3.83. The second-order valence-electron chi connectivity index (χ2n) is 3.08. The first-order chi connectivity index (χ1) is 6.02. The molecule has 0 saturated heterocycles. The van der Waals surface area contributed by atoms with Crippen LogP contribution in [-0.2, 0) is 9.59 Å². The molecule has 0 aromatic heterocycles. The summed E-state index contributed by atoms with van der Waals surface area (Å²) >= 11 is 0. The zero-order valence-corrected chi connectivity index (χ0v) is 8.33. The van der Waals surface area contributed by atoms with Gasteiger partial charge in [0.15, 0.2) is 0 Å². The molecule has 0 unspecified atom stereocenters. The van der Waals surface area contributed by atoms with Gasteiger partial charge in [0, 0.05) is 12.6 Å². The van der Waals surface area contributed by atoms with Crippen molar-refractivity contribution in [2.75, 3.05) is 27.2 Å². The molecule has 0 aromatic rings. The minimum Gasteiger partial charge on any atom is -0.345 e. The van der Waals surface area contributed by atoms with E-state index in [2.05, 4.69) is 5.32 Å². The molecular weight excluding hydrogens is 168 g/mol. The van der Waals surface area contributed by atoms with E-state index in [0.717, 1.165) is 0 Å². The number of nitrogens with one attached hydrogen (secondary N) is 1. The molecule has 0 bridgehead atoms. The van der Waals surface area contributed by atoms with Gasteiger partial charge in [0.05, 0.1) is 6.54 Å². The van der Waals surface area contributed by atoms with E-state index in [1.807, 2.05) is 19.0 Å². The number of hydrogen-bond acceptors (Lipinski definition) is 3. The molecule has 0 aromatic carbocycles. The third-order valence-corrected chi connectivity index (χ3v) is 1.25. The van der Waals surface area contributed by atoms with E-state index >= 15 is 0 Å². The van der Waals surface area contributed by atoms with Gasteiger partial charge in [-0.1, -0.05) is 6.08 Å². The van der Waals surface area contributed by atoms with Gasteiger partial charge < -0.3 is 10.2 Å². The molecule has 4 nitrogen and oxygen atoms in total. The van der Waals surface area contributed by atoms with E-state index in [9.17, 15) is 9.59 Å². The predicted molar refractivity (Wildman–Crippen MR) is 51.4 cm³/mol. The number of ketones is 1. The van der Waals surface area contributed by atoms with Gasteiger partial charge in [-0.15, -0.1) is 0 Å². The molecule has 0 radical (unpaired) electrons. The highest BCUT2D eigenvalue weighted by Gasteiger charge is 1.96. The predicted octanol–water partition coefficient (Wildman–Crippen LogP) is -0.191. The van der Waals surface area contributed by atoms with Gasteiger partial charge in [-0.05, 0) is 21.0 Å². The van der Waals surface area contributed by atoms with E-state index in [-0.39, 0.29) is 18.2 Å². The highest BCUT2D eigenvalue weighted by Crippen LogP contribution is 1.78. The standard InChI is InChI=1S/C9H16N2O2/c1-8(12)7-10-9(13)5-4-6-11(2)3/h4-5H,6-7H2,1-3H3,(H,10,13)/b5-4+. The molecule has 74 valence electrons. The summed E-state index contributed by atoms with van der Waals surface area (Å²) in [6, 6.07) is 0. The normalized spacial score (nSPS) is 10.8. The summed E-state index contributed by atoms with van der Waals surface area (Å²) in [5.74, 6) is -0.272. The van der Waals surface area contributed by atoms with Gasteiger partial charge in [-0.2, -0.15) is 0 Å². The highest BCUT2D eigenvalue weighted by atomic mass is 16.2. The third kappa shape index (κ3) is 8.75. The number of Topliss-reactive ketones (excluding diaryl/α,β-unsaturated/α-hetero) is 1. The zero-order chi connectivity index (χ0) is 10.3. The molecule has 0 atom stereocenters. The maximum atomic E-state index is 11.0. The fraction of sp³-hybridized carbons (Fsp3) is 0.556. The van der Waals surface area contributed by atoms with Gasteiger partial charge in [0.2, 0.25) is 5.91 Å². The van der Waals surface area contributed by atoms with Crippen LogP contribution in [0.2, 0.25) is 0 Å². The van der Waals surface area contributed by atoms with Gasteiger partial charge in [-0.3, -0.25) is 9.59 Å². The molecule has 13 heavy (non-hydrogen) atoms. The maximum absolute atomic E-state index is 11.0. The van der Waals surface area contributed by atoms with Gasteiger partial charge in [-0.25, -0.2) is 0 Å². The lowest BCUT2D eigenvalue weighted by molar-refractivity contribution is -0.121. The molecule has 0 aliphatic carbocycles. The number of carbonyl (C=O) groups is 2. The summed E-state index contributed by atoms with van der Waals surface area (Å²) in [6.45, 7) is 2.25. The first-order valence-corrected chi connectivity index (χ1v) is 4.11. The summed E-state index contributed by atoms with van der Waals surface area (Å²) in [5.41, 5.74) is 0. The van der Waals surface area contributed by atoms with E-state index in [1.165, 1.54) is 13.0 Å². The monoisotopic (exact) mass is 184 g/mol. The number of hydrogen-bond donors (Lipinski definition) is 1. The van der Waals surface area contributed by atoms with Crippen LogP contribution in [0.4, 0.5) is 0 Å². The van der Waals surface area contributed by atoms with Crippen LogP contribution in [0.15, 0.2) is 12.2 Å². The van der Waals surface area contributed by atoms with E-state index in [0.29, 0.717) is 6.54 Å². The van der Waals surface area contributed by atoms with Crippen LogP contribution in [0.25, 0.3) is 0 Å². The second-order valence-corrected chi connectivity index (χ2v) is 3.08. The minimum atomic E-state index is -0.225. The second kappa shape index (κ2) is 6.37. The van der Waals surface area contributed by atoms with Crippen LogP contribution in [-0.4, -0.2) is 43.8 Å². The Labute approximate surface area is 78.6 Å². The van der Waals surface area contributed by atoms with Crippen LogP contribution in [0.1, 0.15) is 6.92 Å². The lowest BCUT2D eigenvalue weighted by Gasteiger charge is -2.03. The summed E-state index contributed by atoms with van der Waals surface area (Å²) in [6.07, 6.45) is 3.18. The fourth-order valence-corrected chi connectivity index (χ4v) is 0.641. The zero-order valence-electron chi connectivity index (χ0n) is 8.33. The van der Waals surface area contributed by atoms with Crippen molar-refractivity contribution in [3.05, 3.63) is 12.2 Å². The molecule has 1 amide bonds. The van der Waals surface area contributed by atoms with Crippen molar-refractivity contribution in [2.24, 2.45) is 0 Å². The van der Waals surface area contributed by atoms with Crippen LogP contribution < -0.4 is 5.32 Å². The number of rotatable bonds is 5. The van der Waals surface area contributed by atoms with Crippen molar-refractivity contribution in [2.45, 2.75) is 6.92 Å². The Morgan fingerprint density at radius 1 is 1.38 bits per heavy atom. The Hall–Kier alpha value is -1.16. The molecule has 4 heteroatoms. The lowest BCUT2D eigenvalue weighted by atomic mass is 10.4. The van der Waals surface area contributed by atoms with Crippen molar-refractivity contribution >= 4 is 11.7 Å². The molecule has 0 aliphatic heterocycles. The smallest absolute Gasteiger partial charge is 0.244 e. The SMILES string of the molecule is CC(=O)CNC(=O)/C=C/CN(C)C. The first kappa shape index (κ1) is 11.8. The van der Waals surface area contributed by atoms with Crippen LogP contribution in [0.3, 0.4) is 0 Å². The number of nitrogens with zero attached hydrogens (tertiary/aromatic N) is 1. The molecule has 1 N–H and O–H groups in total. The Morgan fingerprint density at radius 2 is 2.00 bits per heavy atom. The van der Waals surface area contributed by atoms with Crippen LogP contribution >= 0.6 is 0 Å². The highest BCUT2D eigenvalue weighted by molar-refractivity contribution is 5.91. The maximum Gasteiger partial charge on any atom is 0.244 e. The number of amides is 1.